The van der Waals surface area contributed by atoms with E-state index in [1.54, 1.807) is 25.1 Å². The first kappa shape index (κ1) is 21.4. The predicted octanol–water partition coefficient (Wildman–Crippen LogP) is 4.09. The second-order valence-electron chi connectivity index (χ2n) is 7.33. The van der Waals surface area contributed by atoms with Gasteiger partial charge in [-0.25, -0.2) is 17.2 Å². The first-order valence-electron chi connectivity index (χ1n) is 9.58. The average Bonchev–Trinajstić information content (AvgIpc) is 2.70. The molecule has 3 rings (SSSR count). The summed E-state index contributed by atoms with van der Waals surface area (Å²) in [5.74, 6) is -2.00. The van der Waals surface area contributed by atoms with Crippen LogP contribution < -0.4 is 5.32 Å². The van der Waals surface area contributed by atoms with Crippen LogP contribution in [0.5, 0.6) is 0 Å². The molecule has 0 aliphatic carbocycles. The van der Waals surface area contributed by atoms with Crippen LogP contribution in [0.15, 0.2) is 47.4 Å². The molecule has 1 saturated heterocycles. The number of hydrogen-bond acceptors (Lipinski definition) is 3. The maximum Gasteiger partial charge on any atom is 0.243 e. The Morgan fingerprint density at radius 1 is 1.10 bits per heavy atom. The molecule has 2 aromatic rings. The molecule has 0 bridgehead atoms. The Bertz CT molecular complexity index is 987. The van der Waals surface area contributed by atoms with Gasteiger partial charge in [-0.1, -0.05) is 18.2 Å². The highest BCUT2D eigenvalue weighted by atomic mass is 32.2. The number of carbonyl (C=O) groups excluding carboxylic acids is 1. The van der Waals surface area contributed by atoms with Crippen molar-refractivity contribution in [2.75, 3.05) is 18.4 Å². The van der Waals surface area contributed by atoms with Gasteiger partial charge in [0.05, 0.1) is 4.90 Å². The van der Waals surface area contributed by atoms with Crippen LogP contribution in [0.3, 0.4) is 0 Å². The molecule has 0 aromatic heterocycles. The van der Waals surface area contributed by atoms with Crippen molar-refractivity contribution in [2.45, 2.75) is 37.5 Å². The molecule has 0 atom stereocenters. The number of piperidine rings is 1. The zero-order chi connectivity index (χ0) is 21.0. The van der Waals surface area contributed by atoms with Gasteiger partial charge in [-0.3, -0.25) is 4.79 Å². The molecular weight excluding hydrogens is 398 g/mol. The van der Waals surface area contributed by atoms with Crippen LogP contribution >= 0.6 is 0 Å². The SMILES string of the molecule is Cc1ccccc1S(=O)(=O)N1CCC(CCC(=O)Nc2ccc(F)c(F)c2)CC1. The van der Waals surface area contributed by atoms with Crippen molar-refractivity contribution in [3.05, 3.63) is 59.7 Å². The summed E-state index contributed by atoms with van der Waals surface area (Å²) in [5.41, 5.74) is 0.941. The van der Waals surface area contributed by atoms with Gasteiger partial charge in [-0.05, 0) is 55.9 Å². The van der Waals surface area contributed by atoms with Crippen LogP contribution in [0.25, 0.3) is 0 Å². The van der Waals surface area contributed by atoms with E-state index in [-0.39, 0.29) is 23.9 Å². The van der Waals surface area contributed by atoms with E-state index in [1.807, 2.05) is 6.07 Å². The number of halogens is 2. The molecular formula is C21H24F2N2O3S. The molecule has 29 heavy (non-hydrogen) atoms. The summed E-state index contributed by atoms with van der Waals surface area (Å²) in [5, 5.41) is 2.56. The second-order valence-corrected chi connectivity index (χ2v) is 9.24. The summed E-state index contributed by atoms with van der Waals surface area (Å²) in [6, 6.07) is 10.2. The zero-order valence-electron chi connectivity index (χ0n) is 16.2. The van der Waals surface area contributed by atoms with E-state index in [0.29, 0.717) is 37.2 Å². The monoisotopic (exact) mass is 422 g/mol. The summed E-state index contributed by atoms with van der Waals surface area (Å²) in [4.78, 5) is 12.4. The Hall–Kier alpha value is -2.32. The Morgan fingerprint density at radius 3 is 2.45 bits per heavy atom. The molecule has 1 aliphatic heterocycles. The van der Waals surface area contributed by atoms with Gasteiger partial charge in [0, 0.05) is 31.3 Å². The molecule has 0 unspecified atom stereocenters. The van der Waals surface area contributed by atoms with Crippen molar-refractivity contribution in [3.8, 4) is 0 Å². The van der Waals surface area contributed by atoms with Crippen molar-refractivity contribution in [2.24, 2.45) is 5.92 Å². The van der Waals surface area contributed by atoms with E-state index in [4.69, 9.17) is 0 Å². The van der Waals surface area contributed by atoms with E-state index in [1.165, 1.54) is 10.4 Å². The molecule has 156 valence electrons. The number of aryl methyl sites for hydroxylation is 1. The summed E-state index contributed by atoms with van der Waals surface area (Å²) < 4.78 is 53.3. The molecule has 1 amide bonds. The molecule has 1 N–H and O–H groups in total. The molecule has 0 saturated carbocycles. The smallest absolute Gasteiger partial charge is 0.243 e. The van der Waals surface area contributed by atoms with Gasteiger partial charge in [-0.2, -0.15) is 4.31 Å². The van der Waals surface area contributed by atoms with Crippen LogP contribution in [0, 0.1) is 24.5 Å². The number of benzene rings is 2. The molecule has 8 heteroatoms. The average molecular weight is 422 g/mol. The van der Waals surface area contributed by atoms with Gasteiger partial charge in [0.1, 0.15) is 0 Å². The molecule has 1 fully saturated rings. The number of rotatable bonds is 6. The van der Waals surface area contributed by atoms with Crippen molar-refractivity contribution in [3.63, 3.8) is 0 Å². The number of sulfonamides is 1. The molecule has 2 aromatic carbocycles. The predicted molar refractivity (Wildman–Crippen MR) is 107 cm³/mol. The summed E-state index contributed by atoms with van der Waals surface area (Å²) >= 11 is 0. The summed E-state index contributed by atoms with van der Waals surface area (Å²) in [6.45, 7) is 2.63. The van der Waals surface area contributed by atoms with Crippen LogP contribution in [0.1, 0.15) is 31.2 Å². The lowest BCUT2D eigenvalue weighted by Gasteiger charge is -2.31. The maximum absolute atomic E-state index is 13.2. The van der Waals surface area contributed by atoms with E-state index in [0.717, 1.165) is 17.7 Å². The quantitative estimate of drug-likeness (QED) is 0.762. The first-order valence-corrected chi connectivity index (χ1v) is 11.0. The van der Waals surface area contributed by atoms with Gasteiger partial charge in [0.15, 0.2) is 11.6 Å². The lowest BCUT2D eigenvalue weighted by atomic mass is 9.93. The Balaban J connectivity index is 1.49. The summed E-state index contributed by atoms with van der Waals surface area (Å²) in [6.07, 6.45) is 2.23. The standard InChI is InChI=1S/C21H24F2N2O3S/c1-15-4-2-3-5-20(15)29(27,28)25-12-10-16(11-13-25)6-9-21(26)24-17-7-8-18(22)19(23)14-17/h2-5,7-8,14,16H,6,9-13H2,1H3,(H,24,26). The van der Waals surface area contributed by atoms with Gasteiger partial charge < -0.3 is 5.32 Å². The van der Waals surface area contributed by atoms with Crippen LogP contribution in [-0.2, 0) is 14.8 Å². The zero-order valence-corrected chi connectivity index (χ0v) is 17.0. The van der Waals surface area contributed by atoms with Gasteiger partial charge in [0.25, 0.3) is 0 Å². The fraction of sp³-hybridized carbons (Fsp3) is 0.381. The Kier molecular flexibility index (Phi) is 6.64. The minimum Gasteiger partial charge on any atom is -0.326 e. The number of carbonyl (C=O) groups is 1. The summed E-state index contributed by atoms with van der Waals surface area (Å²) in [7, 11) is -3.51. The topological polar surface area (TPSA) is 66.5 Å². The van der Waals surface area contributed by atoms with Gasteiger partial charge >= 0.3 is 0 Å². The highest BCUT2D eigenvalue weighted by molar-refractivity contribution is 7.89. The largest absolute Gasteiger partial charge is 0.326 e. The van der Waals surface area contributed by atoms with Crippen molar-refractivity contribution in [1.29, 1.82) is 0 Å². The van der Waals surface area contributed by atoms with Crippen molar-refractivity contribution >= 4 is 21.6 Å². The lowest BCUT2D eigenvalue weighted by Crippen LogP contribution is -2.38. The fourth-order valence-electron chi connectivity index (χ4n) is 3.56. The van der Waals surface area contributed by atoms with Gasteiger partial charge in [-0.15, -0.1) is 0 Å². The number of amides is 1. The minimum absolute atomic E-state index is 0.216. The molecule has 1 heterocycles. The Morgan fingerprint density at radius 2 is 1.79 bits per heavy atom. The highest BCUT2D eigenvalue weighted by Gasteiger charge is 2.30. The molecule has 0 radical (unpaired) electrons. The maximum atomic E-state index is 13.2. The van der Waals surface area contributed by atoms with E-state index < -0.39 is 21.7 Å². The number of anilines is 1. The van der Waals surface area contributed by atoms with Crippen LogP contribution in [0.2, 0.25) is 0 Å². The lowest BCUT2D eigenvalue weighted by molar-refractivity contribution is -0.116. The second kappa shape index (κ2) is 9.00. The minimum atomic E-state index is -3.51. The number of nitrogens with zero attached hydrogens (tertiary/aromatic N) is 1. The van der Waals surface area contributed by atoms with Gasteiger partial charge in [0.2, 0.25) is 15.9 Å². The van der Waals surface area contributed by atoms with Crippen LogP contribution in [-0.4, -0.2) is 31.7 Å². The highest BCUT2D eigenvalue weighted by Crippen LogP contribution is 2.27. The van der Waals surface area contributed by atoms with Crippen molar-refractivity contribution in [1.82, 2.24) is 4.31 Å². The third-order valence-corrected chi connectivity index (χ3v) is 7.33. The molecule has 1 aliphatic rings. The van der Waals surface area contributed by atoms with Crippen LogP contribution in [0.4, 0.5) is 14.5 Å². The van der Waals surface area contributed by atoms with E-state index in [2.05, 4.69) is 5.32 Å². The normalized spacial score (nSPS) is 16.0. The third-order valence-electron chi connectivity index (χ3n) is 5.27. The van der Waals surface area contributed by atoms with Crippen molar-refractivity contribution < 1.29 is 22.0 Å². The Labute approximate surface area is 169 Å². The number of hydrogen-bond donors (Lipinski definition) is 1. The fourth-order valence-corrected chi connectivity index (χ4v) is 5.25. The molecule has 0 spiro atoms. The van der Waals surface area contributed by atoms with E-state index >= 15 is 0 Å². The number of nitrogens with one attached hydrogen (secondary N) is 1. The third kappa shape index (κ3) is 5.19. The van der Waals surface area contributed by atoms with E-state index in [9.17, 15) is 22.0 Å². The molecule has 5 nitrogen and oxygen atoms in total. The first-order chi connectivity index (χ1) is 13.8.